The first-order chi connectivity index (χ1) is 8.74. The first kappa shape index (κ1) is 15.6. The van der Waals surface area contributed by atoms with E-state index in [2.05, 4.69) is 50.8 Å². The molecular formula is C13H20BrN3S. The minimum atomic E-state index is 0.790. The molecule has 100 valence electrons. The molecule has 1 heterocycles. The van der Waals surface area contributed by atoms with E-state index in [1.807, 2.05) is 0 Å². The van der Waals surface area contributed by atoms with Crippen LogP contribution in [-0.2, 0) is 19.5 Å². The summed E-state index contributed by atoms with van der Waals surface area (Å²) in [4.78, 5) is 0. The fraction of sp³-hybridized carbons (Fsp3) is 0.615. The van der Waals surface area contributed by atoms with E-state index >= 15 is 0 Å². The highest BCUT2D eigenvalue weighted by atomic mass is 79.9. The first-order valence-electron chi connectivity index (χ1n) is 6.20. The molecule has 3 nitrogen and oxygen atoms in total. The second-order valence-electron chi connectivity index (χ2n) is 3.81. The summed E-state index contributed by atoms with van der Waals surface area (Å²) in [5.74, 6) is 4.46. The average Bonchev–Trinajstić information content (AvgIpc) is 2.70. The van der Waals surface area contributed by atoms with Crippen LogP contribution in [0.5, 0.6) is 0 Å². The molecule has 0 saturated heterocycles. The number of nitrogens with one attached hydrogen (secondary N) is 1. The van der Waals surface area contributed by atoms with Crippen LogP contribution >= 0.6 is 27.7 Å². The normalized spacial score (nSPS) is 10.6. The van der Waals surface area contributed by atoms with Gasteiger partial charge in [-0.3, -0.25) is 4.68 Å². The standard InChI is InChI=1S/C13H20BrN3S/c1-4-8-18-9-7-15-10-12-13(14)11(5-2)16-17(12)6-3/h1,15H,5-10H2,2-3H3. The van der Waals surface area contributed by atoms with Crippen molar-refractivity contribution in [3.63, 3.8) is 0 Å². The Hall–Kier alpha value is -0.440. The topological polar surface area (TPSA) is 29.9 Å². The van der Waals surface area contributed by atoms with Crippen LogP contribution in [0, 0.1) is 12.3 Å². The molecule has 0 atom stereocenters. The Balaban J connectivity index is 2.46. The Morgan fingerprint density at radius 1 is 1.50 bits per heavy atom. The van der Waals surface area contributed by atoms with Gasteiger partial charge in [0.05, 0.1) is 21.6 Å². The van der Waals surface area contributed by atoms with Gasteiger partial charge in [0.2, 0.25) is 0 Å². The second kappa shape index (κ2) is 8.63. The molecule has 0 saturated carbocycles. The molecule has 1 aromatic rings. The number of hydrogen-bond acceptors (Lipinski definition) is 3. The smallest absolute Gasteiger partial charge is 0.0767 e. The van der Waals surface area contributed by atoms with Crippen LogP contribution in [0.4, 0.5) is 0 Å². The molecular weight excluding hydrogens is 310 g/mol. The maximum Gasteiger partial charge on any atom is 0.0767 e. The lowest BCUT2D eigenvalue weighted by Crippen LogP contribution is -2.19. The summed E-state index contributed by atoms with van der Waals surface area (Å²) in [7, 11) is 0. The van der Waals surface area contributed by atoms with Gasteiger partial charge in [-0.25, -0.2) is 0 Å². The molecule has 0 amide bonds. The highest BCUT2D eigenvalue weighted by Gasteiger charge is 2.12. The maximum absolute atomic E-state index is 5.20. The molecule has 0 aliphatic heterocycles. The van der Waals surface area contributed by atoms with Gasteiger partial charge < -0.3 is 5.32 Å². The van der Waals surface area contributed by atoms with Gasteiger partial charge in [-0.2, -0.15) is 5.10 Å². The lowest BCUT2D eigenvalue weighted by atomic mass is 10.3. The van der Waals surface area contributed by atoms with Crippen LogP contribution in [-0.4, -0.2) is 27.8 Å². The van der Waals surface area contributed by atoms with E-state index in [9.17, 15) is 0 Å². The number of thioether (sulfide) groups is 1. The summed E-state index contributed by atoms with van der Waals surface area (Å²) in [5.41, 5.74) is 2.37. The number of terminal acetylenes is 1. The lowest BCUT2D eigenvalue weighted by molar-refractivity contribution is 0.585. The van der Waals surface area contributed by atoms with Gasteiger partial charge >= 0.3 is 0 Å². The third-order valence-corrected chi connectivity index (χ3v) is 4.37. The van der Waals surface area contributed by atoms with E-state index in [0.29, 0.717) is 0 Å². The molecule has 5 heteroatoms. The van der Waals surface area contributed by atoms with Gasteiger partial charge in [-0.05, 0) is 29.3 Å². The fourth-order valence-corrected chi connectivity index (χ4v) is 2.92. The van der Waals surface area contributed by atoms with Crippen molar-refractivity contribution in [2.45, 2.75) is 33.4 Å². The third-order valence-electron chi connectivity index (χ3n) is 2.60. The van der Waals surface area contributed by atoms with Crippen LogP contribution in [0.2, 0.25) is 0 Å². The van der Waals surface area contributed by atoms with E-state index < -0.39 is 0 Å². The Labute approximate surface area is 122 Å². The van der Waals surface area contributed by atoms with Crippen molar-refractivity contribution in [3.05, 3.63) is 15.9 Å². The molecule has 0 unspecified atom stereocenters. The summed E-state index contributed by atoms with van der Waals surface area (Å²) in [6, 6.07) is 0. The molecule has 0 aromatic carbocycles. The van der Waals surface area contributed by atoms with Gasteiger partial charge in [0.1, 0.15) is 0 Å². The minimum Gasteiger partial charge on any atom is -0.310 e. The van der Waals surface area contributed by atoms with Crippen molar-refractivity contribution in [2.24, 2.45) is 0 Å². The maximum atomic E-state index is 5.20. The molecule has 0 aliphatic carbocycles. The second-order valence-corrected chi connectivity index (χ2v) is 5.71. The lowest BCUT2D eigenvalue weighted by Gasteiger charge is -2.07. The molecule has 0 radical (unpaired) electrons. The number of rotatable bonds is 8. The zero-order valence-corrected chi connectivity index (χ0v) is 13.4. The van der Waals surface area contributed by atoms with E-state index in [4.69, 9.17) is 6.42 Å². The van der Waals surface area contributed by atoms with Gasteiger partial charge in [-0.1, -0.05) is 12.8 Å². The molecule has 0 fully saturated rings. The predicted octanol–water partition coefficient (Wildman–Crippen LogP) is 2.68. The third kappa shape index (κ3) is 4.34. The quantitative estimate of drug-likeness (QED) is 0.587. The van der Waals surface area contributed by atoms with Gasteiger partial charge in [0, 0.05) is 25.4 Å². The van der Waals surface area contributed by atoms with Crippen LogP contribution in [0.3, 0.4) is 0 Å². The Morgan fingerprint density at radius 2 is 2.28 bits per heavy atom. The zero-order valence-electron chi connectivity index (χ0n) is 11.0. The van der Waals surface area contributed by atoms with Crippen molar-refractivity contribution in [2.75, 3.05) is 18.1 Å². The first-order valence-corrected chi connectivity index (χ1v) is 8.15. The van der Waals surface area contributed by atoms with Gasteiger partial charge in [0.25, 0.3) is 0 Å². The van der Waals surface area contributed by atoms with Gasteiger partial charge in [-0.15, -0.1) is 18.2 Å². The van der Waals surface area contributed by atoms with Crippen molar-refractivity contribution in [1.82, 2.24) is 15.1 Å². The number of nitrogens with zero attached hydrogens (tertiary/aromatic N) is 2. The van der Waals surface area contributed by atoms with Gasteiger partial charge in [0.15, 0.2) is 0 Å². The zero-order chi connectivity index (χ0) is 13.4. The highest BCUT2D eigenvalue weighted by Crippen LogP contribution is 2.22. The summed E-state index contributed by atoms with van der Waals surface area (Å²) in [6.45, 7) is 6.96. The Kier molecular flexibility index (Phi) is 7.48. The molecule has 0 bridgehead atoms. The monoisotopic (exact) mass is 329 g/mol. The summed E-state index contributed by atoms with van der Waals surface area (Å²) < 4.78 is 3.21. The molecule has 0 spiro atoms. The van der Waals surface area contributed by atoms with E-state index in [0.717, 1.165) is 47.7 Å². The SMILES string of the molecule is C#CCSCCNCc1c(Br)c(CC)nn1CC. The minimum absolute atomic E-state index is 0.790. The largest absolute Gasteiger partial charge is 0.310 e. The van der Waals surface area contributed by atoms with Crippen molar-refractivity contribution >= 4 is 27.7 Å². The van der Waals surface area contributed by atoms with E-state index in [1.165, 1.54) is 5.69 Å². The summed E-state index contributed by atoms with van der Waals surface area (Å²) in [5, 5.41) is 8.01. The van der Waals surface area contributed by atoms with Crippen LogP contribution in [0.25, 0.3) is 0 Å². The van der Waals surface area contributed by atoms with Crippen molar-refractivity contribution < 1.29 is 0 Å². The molecule has 1 N–H and O–H groups in total. The van der Waals surface area contributed by atoms with E-state index in [1.54, 1.807) is 11.8 Å². The predicted molar refractivity (Wildman–Crippen MR) is 82.8 cm³/mol. The number of hydrogen-bond donors (Lipinski definition) is 1. The molecule has 0 aliphatic rings. The Morgan fingerprint density at radius 3 is 2.89 bits per heavy atom. The highest BCUT2D eigenvalue weighted by molar-refractivity contribution is 9.10. The Bertz CT molecular complexity index is 409. The average molecular weight is 330 g/mol. The fourth-order valence-electron chi connectivity index (χ4n) is 1.67. The molecule has 1 aromatic heterocycles. The molecule has 18 heavy (non-hydrogen) atoms. The van der Waals surface area contributed by atoms with Crippen LogP contribution in [0.15, 0.2) is 4.47 Å². The van der Waals surface area contributed by atoms with Crippen LogP contribution < -0.4 is 5.32 Å². The van der Waals surface area contributed by atoms with Crippen molar-refractivity contribution in [3.8, 4) is 12.3 Å². The van der Waals surface area contributed by atoms with E-state index in [-0.39, 0.29) is 0 Å². The summed E-state index contributed by atoms with van der Waals surface area (Å²) in [6.07, 6.45) is 6.16. The van der Waals surface area contributed by atoms with Crippen molar-refractivity contribution in [1.29, 1.82) is 0 Å². The number of halogens is 1. The number of aryl methyl sites for hydroxylation is 2. The van der Waals surface area contributed by atoms with Crippen LogP contribution in [0.1, 0.15) is 25.2 Å². The number of aromatic nitrogens is 2. The summed E-state index contributed by atoms with van der Waals surface area (Å²) >= 11 is 5.42. The molecule has 1 rings (SSSR count).